The average Bonchev–Trinajstić information content (AvgIpc) is 1.84. The van der Waals surface area contributed by atoms with Crippen molar-refractivity contribution in [1.82, 2.24) is 0 Å². The summed E-state index contributed by atoms with van der Waals surface area (Å²) in [5.74, 6) is 0. The van der Waals surface area contributed by atoms with Gasteiger partial charge in [0.25, 0.3) is 0 Å². The van der Waals surface area contributed by atoms with E-state index in [2.05, 4.69) is 65.5 Å². The first-order valence-corrected chi connectivity index (χ1v) is 21.1. The Balaban J connectivity index is 0. The Bertz CT molecular complexity index is 276. The molecule has 0 unspecified atom stereocenters. The van der Waals surface area contributed by atoms with Crippen LogP contribution in [0.2, 0.25) is 65.5 Å². The minimum atomic E-state index is -2.26. The fourth-order valence-electron chi connectivity index (χ4n) is 3.06. The molecule has 12 heteroatoms. The Labute approximate surface area is 153 Å². The molecule has 0 amide bonds. The summed E-state index contributed by atoms with van der Waals surface area (Å²) in [7, 11) is -11.3. The van der Waals surface area contributed by atoms with Crippen molar-refractivity contribution in [2.24, 2.45) is 0 Å². The SMILES string of the molecule is C[Si]1(C)O[Si](C)(C)O[Si](C)(C)O[Si](C)(C)O[Si](C)(C)O1.[O-2].[Zn+2]. The second-order valence-corrected chi connectivity index (χ2v) is 25.6. The summed E-state index contributed by atoms with van der Waals surface area (Å²) >= 11 is 0. The molecular weight excluding hydrogens is 422 g/mol. The Hall–Kier alpha value is 1.47. The van der Waals surface area contributed by atoms with Crippen LogP contribution in [0.15, 0.2) is 0 Å². The number of hydrogen-bond acceptors (Lipinski definition) is 5. The molecule has 1 saturated heterocycles. The maximum absolute atomic E-state index is 6.30. The van der Waals surface area contributed by atoms with Gasteiger partial charge in [0.1, 0.15) is 0 Å². The van der Waals surface area contributed by atoms with Crippen LogP contribution in [0.5, 0.6) is 0 Å². The van der Waals surface area contributed by atoms with E-state index in [4.69, 9.17) is 20.6 Å². The van der Waals surface area contributed by atoms with Gasteiger partial charge in [-0.25, -0.2) is 0 Å². The number of hydrogen-bond donors (Lipinski definition) is 0. The Kier molecular flexibility index (Phi) is 9.10. The van der Waals surface area contributed by atoms with Gasteiger partial charge >= 0.3 is 62.3 Å². The molecule has 1 aliphatic rings. The van der Waals surface area contributed by atoms with Gasteiger partial charge in [-0.1, -0.05) is 0 Å². The second kappa shape index (κ2) is 7.79. The van der Waals surface area contributed by atoms with Crippen LogP contribution >= 0.6 is 0 Å². The van der Waals surface area contributed by atoms with Crippen LogP contribution in [0.1, 0.15) is 0 Å². The molecule has 1 aliphatic heterocycles. The number of rotatable bonds is 0. The second-order valence-electron chi connectivity index (χ2n) is 7.51. The van der Waals surface area contributed by atoms with Crippen LogP contribution in [-0.4, -0.2) is 42.8 Å². The van der Waals surface area contributed by atoms with Crippen LogP contribution in [0, 0.1) is 0 Å². The van der Waals surface area contributed by atoms with Crippen molar-refractivity contribution in [2.75, 3.05) is 0 Å². The molecule has 0 atom stereocenters. The van der Waals surface area contributed by atoms with Crippen LogP contribution < -0.4 is 0 Å². The summed E-state index contributed by atoms with van der Waals surface area (Å²) in [6.45, 7) is 20.8. The van der Waals surface area contributed by atoms with E-state index in [9.17, 15) is 0 Å². The van der Waals surface area contributed by atoms with Gasteiger partial charge in [-0.2, -0.15) is 0 Å². The van der Waals surface area contributed by atoms with E-state index in [-0.39, 0.29) is 25.0 Å². The zero-order chi connectivity index (χ0) is 16.0. The third-order valence-electron chi connectivity index (χ3n) is 2.46. The van der Waals surface area contributed by atoms with E-state index in [1.54, 1.807) is 0 Å². The zero-order valence-corrected chi connectivity index (χ0v) is 23.6. The minimum Gasteiger partial charge on any atom is -2.00 e. The molecular formula is C10H30O6Si5Zn. The molecule has 0 aliphatic carbocycles. The van der Waals surface area contributed by atoms with Gasteiger partial charge < -0.3 is 26.1 Å². The summed E-state index contributed by atoms with van der Waals surface area (Å²) in [5.41, 5.74) is 0. The quantitative estimate of drug-likeness (QED) is 0.527. The molecule has 1 heterocycles. The molecule has 128 valence electrons. The maximum atomic E-state index is 6.30. The molecule has 1 rings (SSSR count). The van der Waals surface area contributed by atoms with Crippen molar-refractivity contribution in [2.45, 2.75) is 65.5 Å². The largest absolute Gasteiger partial charge is 2.00 e. The topological polar surface area (TPSA) is 74.7 Å². The normalized spacial score (nSPS) is 28.6. The Morgan fingerprint density at radius 1 is 0.364 bits per heavy atom. The minimum absolute atomic E-state index is 0. The fraction of sp³-hybridized carbons (Fsp3) is 1.00. The standard InChI is InChI=1S/C10H30O5Si5.O.Zn/c1-16(2)11-17(3,4)13-19(7,8)15-20(9,10)14-18(5,6)12-16;;/h1-10H3;;/q;-2;+2. The Morgan fingerprint density at radius 2 is 0.455 bits per heavy atom. The molecule has 0 spiro atoms. The summed E-state index contributed by atoms with van der Waals surface area (Å²) < 4.78 is 31.5. The van der Waals surface area contributed by atoms with Crippen molar-refractivity contribution in [3.8, 4) is 0 Å². The first kappa shape index (κ1) is 25.7. The maximum Gasteiger partial charge on any atom is 2.00 e. The van der Waals surface area contributed by atoms with Gasteiger partial charge in [0.15, 0.2) is 0 Å². The summed E-state index contributed by atoms with van der Waals surface area (Å²) in [4.78, 5) is 0. The van der Waals surface area contributed by atoms with Crippen LogP contribution in [0.4, 0.5) is 0 Å². The molecule has 6 nitrogen and oxygen atoms in total. The third-order valence-corrected chi connectivity index (χ3v) is 22.1. The van der Waals surface area contributed by atoms with Crippen molar-refractivity contribution in [3.05, 3.63) is 0 Å². The predicted molar refractivity (Wildman–Crippen MR) is 93.5 cm³/mol. The van der Waals surface area contributed by atoms with Gasteiger partial charge in [-0.3, -0.25) is 0 Å². The first-order chi connectivity index (χ1) is 8.54. The van der Waals surface area contributed by atoms with Crippen molar-refractivity contribution in [1.29, 1.82) is 0 Å². The van der Waals surface area contributed by atoms with Crippen molar-refractivity contribution in [3.63, 3.8) is 0 Å². The fourth-order valence-corrected chi connectivity index (χ4v) is 29.4. The van der Waals surface area contributed by atoms with Crippen molar-refractivity contribution >= 4 is 42.8 Å². The molecule has 0 radical (unpaired) electrons. The van der Waals surface area contributed by atoms with Gasteiger partial charge in [-0.15, -0.1) is 0 Å². The van der Waals surface area contributed by atoms with E-state index in [1.807, 2.05) is 0 Å². The smallest absolute Gasteiger partial charge is 2.00 e. The van der Waals surface area contributed by atoms with Crippen LogP contribution in [-0.2, 0) is 45.5 Å². The van der Waals surface area contributed by atoms with Crippen LogP contribution in [0.25, 0.3) is 0 Å². The molecule has 0 bridgehead atoms. The summed E-state index contributed by atoms with van der Waals surface area (Å²) in [5, 5.41) is 0. The van der Waals surface area contributed by atoms with Gasteiger partial charge in [-0.05, 0) is 65.5 Å². The van der Waals surface area contributed by atoms with Gasteiger partial charge in [0.2, 0.25) is 0 Å². The van der Waals surface area contributed by atoms with Gasteiger partial charge in [0.05, 0.1) is 0 Å². The van der Waals surface area contributed by atoms with Crippen molar-refractivity contribution < 1.29 is 45.5 Å². The van der Waals surface area contributed by atoms with E-state index in [0.717, 1.165) is 0 Å². The molecule has 0 aromatic heterocycles. The summed E-state index contributed by atoms with van der Waals surface area (Å²) in [6.07, 6.45) is 0. The van der Waals surface area contributed by atoms with E-state index in [1.165, 1.54) is 0 Å². The molecule has 0 N–H and O–H groups in total. The van der Waals surface area contributed by atoms with E-state index < -0.39 is 42.8 Å². The molecule has 0 aromatic carbocycles. The predicted octanol–water partition coefficient (Wildman–Crippen LogP) is 3.47. The third kappa shape index (κ3) is 9.08. The zero-order valence-electron chi connectivity index (χ0n) is 15.7. The van der Waals surface area contributed by atoms with E-state index in [0.29, 0.717) is 0 Å². The molecule has 1 fully saturated rings. The molecule has 0 aromatic rings. The van der Waals surface area contributed by atoms with Crippen LogP contribution in [0.3, 0.4) is 0 Å². The van der Waals surface area contributed by atoms with Gasteiger partial charge in [0, 0.05) is 0 Å². The Morgan fingerprint density at radius 3 is 0.545 bits per heavy atom. The average molecular weight is 452 g/mol. The molecule has 22 heavy (non-hydrogen) atoms. The summed E-state index contributed by atoms with van der Waals surface area (Å²) in [6, 6.07) is 0. The molecule has 0 saturated carbocycles. The van der Waals surface area contributed by atoms with E-state index >= 15 is 0 Å². The monoisotopic (exact) mass is 450 g/mol. The first-order valence-electron chi connectivity index (χ1n) is 7.04.